The first-order chi connectivity index (χ1) is 9.33. The fraction of sp³-hybridized carbons (Fsp3) is 0.0625. The Morgan fingerprint density at radius 3 is 2.42 bits per heavy atom. The molecule has 0 amide bonds. The quantitative estimate of drug-likeness (QED) is 0.590. The second-order valence-electron chi connectivity index (χ2n) is 4.32. The van der Waals surface area contributed by atoms with Gasteiger partial charge in [-0.3, -0.25) is 4.98 Å². The van der Waals surface area contributed by atoms with Crippen LogP contribution in [-0.4, -0.2) is 4.98 Å². The maximum atomic E-state index is 4.53. The molecule has 0 aliphatic rings. The van der Waals surface area contributed by atoms with Crippen molar-refractivity contribution >= 4 is 22.3 Å². The molecule has 0 saturated carbocycles. The van der Waals surface area contributed by atoms with Crippen LogP contribution in [0, 0.1) is 6.92 Å². The molecule has 3 rings (SSSR count). The van der Waals surface area contributed by atoms with E-state index in [9.17, 15) is 0 Å². The number of aromatic nitrogens is 1. The van der Waals surface area contributed by atoms with Crippen molar-refractivity contribution in [1.82, 2.24) is 4.98 Å². The van der Waals surface area contributed by atoms with Gasteiger partial charge in [-0.15, -0.1) is 5.11 Å². The predicted octanol–water partition coefficient (Wildman–Crippen LogP) is 4.96. The monoisotopic (exact) mass is 247 g/mol. The van der Waals surface area contributed by atoms with Gasteiger partial charge in [-0.05, 0) is 31.2 Å². The maximum Gasteiger partial charge on any atom is 0.108 e. The third-order valence-corrected chi connectivity index (χ3v) is 2.92. The molecule has 0 aliphatic carbocycles. The number of hydrogen-bond donors (Lipinski definition) is 0. The molecule has 1 aromatic heterocycles. The topological polar surface area (TPSA) is 37.6 Å². The minimum Gasteiger partial charge on any atom is -0.251 e. The van der Waals surface area contributed by atoms with Gasteiger partial charge in [0.15, 0.2) is 0 Å². The molecule has 0 fully saturated rings. The lowest BCUT2D eigenvalue weighted by Gasteiger charge is -2.02. The van der Waals surface area contributed by atoms with E-state index in [4.69, 9.17) is 0 Å². The lowest BCUT2D eigenvalue weighted by molar-refractivity contribution is 1.16. The third-order valence-electron chi connectivity index (χ3n) is 2.92. The Labute approximate surface area is 111 Å². The Bertz CT molecular complexity index is 733. The van der Waals surface area contributed by atoms with Crippen molar-refractivity contribution in [2.45, 2.75) is 6.92 Å². The highest BCUT2D eigenvalue weighted by Crippen LogP contribution is 2.24. The van der Waals surface area contributed by atoms with Crippen LogP contribution in [0.1, 0.15) is 5.69 Å². The molecule has 0 radical (unpaired) electrons. The van der Waals surface area contributed by atoms with Crippen LogP contribution in [0.25, 0.3) is 10.9 Å². The number of nitrogens with zero attached hydrogens (tertiary/aromatic N) is 3. The van der Waals surface area contributed by atoms with Crippen LogP contribution in [-0.2, 0) is 0 Å². The summed E-state index contributed by atoms with van der Waals surface area (Å²) in [5, 5.41) is 9.60. The first kappa shape index (κ1) is 11.5. The van der Waals surface area contributed by atoms with Crippen LogP contribution in [0.5, 0.6) is 0 Å². The molecule has 0 saturated heterocycles. The Morgan fingerprint density at radius 1 is 0.842 bits per heavy atom. The summed E-state index contributed by atoms with van der Waals surface area (Å²) < 4.78 is 0. The number of rotatable bonds is 2. The molecule has 0 bridgehead atoms. The third kappa shape index (κ3) is 2.50. The lowest BCUT2D eigenvalue weighted by Crippen LogP contribution is -1.83. The molecule has 3 nitrogen and oxygen atoms in total. The van der Waals surface area contributed by atoms with E-state index in [0.717, 1.165) is 28.0 Å². The van der Waals surface area contributed by atoms with Gasteiger partial charge >= 0.3 is 0 Å². The molecule has 92 valence electrons. The van der Waals surface area contributed by atoms with E-state index in [1.54, 1.807) is 0 Å². The number of aryl methyl sites for hydroxylation is 1. The molecule has 0 spiro atoms. The summed E-state index contributed by atoms with van der Waals surface area (Å²) in [5.41, 5.74) is 3.52. The molecule has 3 heteroatoms. The molecule has 1 heterocycles. The molecule has 19 heavy (non-hydrogen) atoms. The Kier molecular flexibility index (Phi) is 3.02. The van der Waals surface area contributed by atoms with Crippen LogP contribution in [0.2, 0.25) is 0 Å². The van der Waals surface area contributed by atoms with Crippen LogP contribution >= 0.6 is 0 Å². The molecule has 2 aromatic carbocycles. The fourth-order valence-electron chi connectivity index (χ4n) is 1.91. The van der Waals surface area contributed by atoms with Crippen molar-refractivity contribution in [3.63, 3.8) is 0 Å². The predicted molar refractivity (Wildman–Crippen MR) is 77.1 cm³/mol. The summed E-state index contributed by atoms with van der Waals surface area (Å²) >= 11 is 0. The highest BCUT2D eigenvalue weighted by molar-refractivity contribution is 5.81. The number of hydrogen-bond acceptors (Lipinski definition) is 3. The van der Waals surface area contributed by atoms with Crippen molar-refractivity contribution in [2.75, 3.05) is 0 Å². The number of pyridine rings is 1. The second kappa shape index (κ2) is 4.98. The van der Waals surface area contributed by atoms with Crippen molar-refractivity contribution in [2.24, 2.45) is 10.2 Å². The average Bonchev–Trinajstić information content (AvgIpc) is 2.46. The maximum absolute atomic E-state index is 4.53. The van der Waals surface area contributed by atoms with E-state index >= 15 is 0 Å². The van der Waals surface area contributed by atoms with Gasteiger partial charge in [0.25, 0.3) is 0 Å². The Balaban J connectivity index is 2.01. The number of fused-ring (bicyclic) bond motifs is 1. The zero-order valence-corrected chi connectivity index (χ0v) is 10.6. The summed E-state index contributed by atoms with van der Waals surface area (Å²) in [6.07, 6.45) is 0. The Morgan fingerprint density at radius 2 is 1.58 bits per heavy atom. The fourth-order valence-corrected chi connectivity index (χ4v) is 1.91. The molecule has 0 unspecified atom stereocenters. The standard InChI is InChI=1S/C16H13N3/c1-12-16(19-18-14-8-3-2-4-9-14)11-13-7-5-6-10-15(13)17-12/h2-11H,1H3. The molecule has 0 aliphatic heterocycles. The van der Waals surface area contributed by atoms with Crippen LogP contribution in [0.4, 0.5) is 11.4 Å². The van der Waals surface area contributed by atoms with E-state index < -0.39 is 0 Å². The first-order valence-electron chi connectivity index (χ1n) is 6.16. The zero-order valence-electron chi connectivity index (χ0n) is 10.6. The van der Waals surface area contributed by atoms with Gasteiger partial charge in [0.2, 0.25) is 0 Å². The van der Waals surface area contributed by atoms with E-state index in [0.29, 0.717) is 0 Å². The van der Waals surface area contributed by atoms with Crippen LogP contribution in [0.15, 0.2) is 70.9 Å². The first-order valence-corrected chi connectivity index (χ1v) is 6.16. The molecular formula is C16H13N3. The SMILES string of the molecule is Cc1nc2ccccc2cc1N=Nc1ccccc1. The summed E-state index contributed by atoms with van der Waals surface area (Å²) in [6.45, 7) is 1.95. The van der Waals surface area contributed by atoms with Crippen molar-refractivity contribution in [3.05, 3.63) is 66.4 Å². The normalized spacial score (nSPS) is 11.2. The summed E-state index contributed by atoms with van der Waals surface area (Å²) in [7, 11) is 0. The minimum atomic E-state index is 0.808. The second-order valence-corrected chi connectivity index (χ2v) is 4.32. The van der Waals surface area contributed by atoms with Gasteiger partial charge < -0.3 is 0 Å². The Hall–Kier alpha value is -2.55. The van der Waals surface area contributed by atoms with E-state index in [-0.39, 0.29) is 0 Å². The van der Waals surface area contributed by atoms with Crippen molar-refractivity contribution in [3.8, 4) is 0 Å². The largest absolute Gasteiger partial charge is 0.251 e. The summed E-state index contributed by atoms with van der Waals surface area (Å²) in [6, 6.07) is 19.7. The molecule has 0 atom stereocenters. The van der Waals surface area contributed by atoms with E-state index in [2.05, 4.69) is 15.2 Å². The summed E-state index contributed by atoms with van der Waals surface area (Å²) in [4.78, 5) is 4.53. The average molecular weight is 247 g/mol. The van der Waals surface area contributed by atoms with E-state index in [1.165, 1.54) is 0 Å². The number of benzene rings is 2. The number of azo groups is 1. The highest BCUT2D eigenvalue weighted by atomic mass is 15.1. The van der Waals surface area contributed by atoms with Gasteiger partial charge in [0, 0.05) is 5.39 Å². The number of para-hydroxylation sites is 1. The molecule has 0 N–H and O–H groups in total. The minimum absolute atomic E-state index is 0.808. The highest BCUT2D eigenvalue weighted by Gasteiger charge is 2.01. The van der Waals surface area contributed by atoms with Gasteiger partial charge in [-0.25, -0.2) is 0 Å². The lowest BCUT2D eigenvalue weighted by atomic mass is 10.2. The van der Waals surface area contributed by atoms with Crippen LogP contribution < -0.4 is 0 Å². The molecular weight excluding hydrogens is 234 g/mol. The van der Waals surface area contributed by atoms with Crippen molar-refractivity contribution < 1.29 is 0 Å². The van der Waals surface area contributed by atoms with Crippen LogP contribution in [0.3, 0.4) is 0 Å². The van der Waals surface area contributed by atoms with Gasteiger partial charge in [-0.2, -0.15) is 5.11 Å². The zero-order chi connectivity index (χ0) is 13.1. The van der Waals surface area contributed by atoms with Gasteiger partial charge in [0.1, 0.15) is 5.69 Å². The summed E-state index contributed by atoms with van der Waals surface area (Å²) in [5.74, 6) is 0. The van der Waals surface area contributed by atoms with Gasteiger partial charge in [0.05, 0.1) is 16.9 Å². The smallest absolute Gasteiger partial charge is 0.108 e. The van der Waals surface area contributed by atoms with Crippen molar-refractivity contribution in [1.29, 1.82) is 0 Å². The van der Waals surface area contributed by atoms with Gasteiger partial charge in [-0.1, -0.05) is 36.4 Å². The van der Waals surface area contributed by atoms with E-state index in [1.807, 2.05) is 67.6 Å². The molecule has 3 aromatic rings.